The molecule has 0 atom stereocenters. The van der Waals surface area contributed by atoms with Crippen LogP contribution in [0.25, 0.3) is 6.08 Å². The molecule has 2 aromatic rings. The summed E-state index contributed by atoms with van der Waals surface area (Å²) in [5.41, 5.74) is 1.57. The fourth-order valence-electron chi connectivity index (χ4n) is 2.09. The minimum absolute atomic E-state index is 0.123. The number of amides is 2. The summed E-state index contributed by atoms with van der Waals surface area (Å²) < 4.78 is 2.36. The van der Waals surface area contributed by atoms with Crippen LogP contribution in [0.4, 0.5) is 5.69 Å². The fraction of sp³-hybridized carbons (Fsp3) is 0.250. The maximum atomic E-state index is 11.9. The van der Waals surface area contributed by atoms with E-state index in [1.807, 2.05) is 23.6 Å². The first-order chi connectivity index (χ1) is 11.5. The molecule has 0 unspecified atom stereocenters. The molecule has 1 aromatic carbocycles. The van der Waals surface area contributed by atoms with Crippen LogP contribution in [0.3, 0.4) is 0 Å². The van der Waals surface area contributed by atoms with Gasteiger partial charge in [-0.25, -0.2) is 0 Å². The summed E-state index contributed by atoms with van der Waals surface area (Å²) in [4.78, 5) is 22.8. The molecule has 0 radical (unpaired) electrons. The maximum absolute atomic E-state index is 11.9. The molecule has 126 valence electrons. The van der Waals surface area contributed by atoms with E-state index in [2.05, 4.69) is 20.8 Å². The molecule has 2 rings (SSSR count). The number of aromatic nitrogens is 3. The molecule has 8 heteroatoms. The van der Waals surface area contributed by atoms with E-state index in [4.69, 9.17) is 12.2 Å². The standard InChI is InChI=1S/C16H19N5O2S/c1-3-21-14(19-20-16(21)24)10-17-15(23)9-6-12-4-7-13(8-5-12)18-11(2)22/h4-9H,3,10H2,1-2H3,(H,17,23)(H,18,22)(H,20,24)/b9-6-. The number of hydrogen-bond acceptors (Lipinski definition) is 4. The molecular formula is C16H19N5O2S. The average Bonchev–Trinajstić information content (AvgIpc) is 2.91. The Morgan fingerprint density at radius 3 is 2.67 bits per heavy atom. The molecule has 0 fully saturated rings. The lowest BCUT2D eigenvalue weighted by Crippen LogP contribution is -2.22. The third kappa shape index (κ3) is 4.88. The second kappa shape index (κ2) is 8.21. The van der Waals surface area contributed by atoms with E-state index in [1.165, 1.54) is 13.0 Å². The summed E-state index contributed by atoms with van der Waals surface area (Å²) >= 11 is 5.10. The molecule has 2 amide bonds. The second-order valence-corrected chi connectivity index (χ2v) is 5.43. The zero-order valence-electron chi connectivity index (χ0n) is 13.5. The van der Waals surface area contributed by atoms with E-state index in [9.17, 15) is 9.59 Å². The number of anilines is 1. The Morgan fingerprint density at radius 2 is 2.04 bits per heavy atom. The van der Waals surface area contributed by atoms with E-state index in [0.29, 0.717) is 29.4 Å². The normalized spacial score (nSPS) is 10.8. The summed E-state index contributed by atoms with van der Waals surface area (Å²) in [6.07, 6.45) is 3.15. The Morgan fingerprint density at radius 1 is 1.33 bits per heavy atom. The highest BCUT2D eigenvalue weighted by Gasteiger charge is 2.05. The van der Waals surface area contributed by atoms with E-state index >= 15 is 0 Å². The van der Waals surface area contributed by atoms with Gasteiger partial charge in [-0.15, -0.1) is 0 Å². The number of nitrogens with one attached hydrogen (secondary N) is 3. The number of carbonyl (C=O) groups excluding carboxylic acids is 2. The molecule has 0 aliphatic heterocycles. The lowest BCUT2D eigenvalue weighted by Gasteiger charge is -2.04. The van der Waals surface area contributed by atoms with Crippen LogP contribution >= 0.6 is 12.2 Å². The number of benzene rings is 1. The first-order valence-corrected chi connectivity index (χ1v) is 7.88. The highest BCUT2D eigenvalue weighted by molar-refractivity contribution is 7.71. The monoisotopic (exact) mass is 345 g/mol. The van der Waals surface area contributed by atoms with Gasteiger partial charge in [0.15, 0.2) is 10.6 Å². The summed E-state index contributed by atoms with van der Waals surface area (Å²) in [5, 5.41) is 12.2. The third-order valence-corrected chi connectivity index (χ3v) is 3.54. The average molecular weight is 345 g/mol. The molecule has 0 saturated carbocycles. The van der Waals surface area contributed by atoms with Crippen LogP contribution in [0, 0.1) is 4.77 Å². The Kier molecular flexibility index (Phi) is 6.02. The molecule has 0 saturated heterocycles. The van der Waals surface area contributed by atoms with Crippen molar-refractivity contribution in [2.75, 3.05) is 5.32 Å². The molecule has 1 heterocycles. The Bertz CT molecular complexity index is 805. The van der Waals surface area contributed by atoms with Crippen molar-refractivity contribution in [3.05, 3.63) is 46.5 Å². The van der Waals surface area contributed by atoms with E-state index < -0.39 is 0 Å². The van der Waals surface area contributed by atoms with Crippen molar-refractivity contribution in [3.8, 4) is 0 Å². The maximum Gasteiger partial charge on any atom is 0.244 e. The highest BCUT2D eigenvalue weighted by Crippen LogP contribution is 2.10. The van der Waals surface area contributed by atoms with Crippen molar-refractivity contribution in [2.45, 2.75) is 26.9 Å². The number of rotatable bonds is 6. The largest absolute Gasteiger partial charge is 0.345 e. The first kappa shape index (κ1) is 17.6. The van der Waals surface area contributed by atoms with Crippen LogP contribution in [0.1, 0.15) is 25.2 Å². The molecule has 0 aliphatic rings. The molecule has 0 bridgehead atoms. The van der Waals surface area contributed by atoms with Crippen molar-refractivity contribution in [1.29, 1.82) is 0 Å². The van der Waals surface area contributed by atoms with Gasteiger partial charge in [-0.2, -0.15) is 5.10 Å². The fourth-order valence-corrected chi connectivity index (χ4v) is 2.37. The number of nitrogens with zero attached hydrogens (tertiary/aromatic N) is 2. The summed E-state index contributed by atoms with van der Waals surface area (Å²) in [6.45, 7) is 4.40. The van der Waals surface area contributed by atoms with Crippen LogP contribution in [0.2, 0.25) is 0 Å². The number of H-pyrrole nitrogens is 1. The first-order valence-electron chi connectivity index (χ1n) is 7.47. The summed E-state index contributed by atoms with van der Waals surface area (Å²) in [6, 6.07) is 7.19. The Labute approximate surface area is 144 Å². The van der Waals surface area contributed by atoms with E-state index in [1.54, 1.807) is 18.2 Å². The van der Waals surface area contributed by atoms with Crippen molar-refractivity contribution >= 4 is 35.8 Å². The molecule has 1 aromatic heterocycles. The highest BCUT2D eigenvalue weighted by atomic mass is 32.1. The minimum atomic E-state index is -0.225. The molecule has 0 aliphatic carbocycles. The van der Waals surface area contributed by atoms with Crippen LogP contribution in [-0.4, -0.2) is 26.6 Å². The van der Waals surface area contributed by atoms with Gasteiger partial charge in [-0.1, -0.05) is 12.1 Å². The molecule has 24 heavy (non-hydrogen) atoms. The van der Waals surface area contributed by atoms with Gasteiger partial charge in [0.25, 0.3) is 0 Å². The second-order valence-electron chi connectivity index (χ2n) is 5.04. The number of aromatic amines is 1. The predicted octanol–water partition coefficient (Wildman–Crippen LogP) is 2.25. The molecule has 0 spiro atoms. The van der Waals surface area contributed by atoms with Crippen molar-refractivity contribution in [1.82, 2.24) is 20.1 Å². The van der Waals surface area contributed by atoms with Gasteiger partial charge in [-0.3, -0.25) is 14.7 Å². The topological polar surface area (TPSA) is 91.8 Å². The third-order valence-electron chi connectivity index (χ3n) is 3.23. The van der Waals surface area contributed by atoms with Gasteiger partial charge in [0.05, 0.1) is 6.54 Å². The van der Waals surface area contributed by atoms with Gasteiger partial charge in [0.1, 0.15) is 0 Å². The van der Waals surface area contributed by atoms with Crippen molar-refractivity contribution in [3.63, 3.8) is 0 Å². The zero-order chi connectivity index (χ0) is 17.5. The Hall–Kier alpha value is -2.74. The summed E-state index contributed by atoms with van der Waals surface area (Å²) in [5.74, 6) is 0.337. The quantitative estimate of drug-likeness (QED) is 0.553. The number of carbonyl (C=O) groups is 2. The molecular weight excluding hydrogens is 326 g/mol. The smallest absolute Gasteiger partial charge is 0.244 e. The van der Waals surface area contributed by atoms with Gasteiger partial charge in [0.2, 0.25) is 11.8 Å². The van der Waals surface area contributed by atoms with Gasteiger partial charge in [-0.05, 0) is 42.9 Å². The predicted molar refractivity (Wildman–Crippen MR) is 94.7 cm³/mol. The molecule has 7 nitrogen and oxygen atoms in total. The van der Waals surface area contributed by atoms with Gasteiger partial charge < -0.3 is 15.2 Å². The van der Waals surface area contributed by atoms with Gasteiger partial charge >= 0.3 is 0 Å². The lowest BCUT2D eigenvalue weighted by atomic mass is 10.2. The van der Waals surface area contributed by atoms with Crippen LogP contribution in [-0.2, 0) is 22.7 Å². The van der Waals surface area contributed by atoms with E-state index in [0.717, 1.165) is 5.56 Å². The van der Waals surface area contributed by atoms with E-state index in [-0.39, 0.29) is 11.8 Å². The Balaban J connectivity index is 1.90. The zero-order valence-corrected chi connectivity index (χ0v) is 14.3. The lowest BCUT2D eigenvalue weighted by molar-refractivity contribution is -0.116. The van der Waals surface area contributed by atoms with Crippen molar-refractivity contribution in [2.24, 2.45) is 0 Å². The van der Waals surface area contributed by atoms with Gasteiger partial charge in [0, 0.05) is 25.2 Å². The van der Waals surface area contributed by atoms with Crippen molar-refractivity contribution < 1.29 is 9.59 Å². The molecule has 3 N–H and O–H groups in total. The van der Waals surface area contributed by atoms with Crippen LogP contribution < -0.4 is 10.6 Å². The summed E-state index contributed by atoms with van der Waals surface area (Å²) in [7, 11) is 0. The van der Waals surface area contributed by atoms with Crippen LogP contribution in [0.5, 0.6) is 0 Å². The number of hydrogen-bond donors (Lipinski definition) is 3. The van der Waals surface area contributed by atoms with Crippen LogP contribution in [0.15, 0.2) is 30.3 Å². The minimum Gasteiger partial charge on any atom is -0.345 e. The SMILES string of the molecule is CCn1c(CNC(=O)/C=C\c2ccc(NC(C)=O)cc2)n[nH]c1=S.